The van der Waals surface area contributed by atoms with E-state index in [0.29, 0.717) is 19.6 Å². The maximum absolute atomic E-state index is 13.1. The van der Waals surface area contributed by atoms with Crippen molar-refractivity contribution in [2.75, 3.05) is 26.2 Å². The molecule has 0 N–H and O–H groups in total. The monoisotopic (exact) mass is 363 g/mol. The van der Waals surface area contributed by atoms with Gasteiger partial charge in [0.1, 0.15) is 17.1 Å². The lowest BCUT2D eigenvalue weighted by Gasteiger charge is -2.13. The fourth-order valence-electron chi connectivity index (χ4n) is 3.80. The van der Waals surface area contributed by atoms with Crippen molar-refractivity contribution < 1.29 is 13.9 Å². The molecule has 140 valence electrons. The summed E-state index contributed by atoms with van der Waals surface area (Å²) in [4.78, 5) is 15.3. The number of likely N-dealkylation sites (tertiary alicyclic amines) is 1. The summed E-state index contributed by atoms with van der Waals surface area (Å²) < 4.78 is 11.6. The summed E-state index contributed by atoms with van der Waals surface area (Å²) in [7, 11) is 0. The molecule has 0 radical (unpaired) electrons. The summed E-state index contributed by atoms with van der Waals surface area (Å²) in [6.45, 7) is 5.12. The Morgan fingerprint density at radius 3 is 2.56 bits per heavy atom. The molecule has 27 heavy (non-hydrogen) atoms. The molecule has 0 aliphatic carbocycles. The second-order valence-corrected chi connectivity index (χ2v) is 7.06. The van der Waals surface area contributed by atoms with Crippen molar-refractivity contribution in [3.63, 3.8) is 0 Å². The van der Waals surface area contributed by atoms with E-state index in [1.54, 1.807) is 0 Å². The van der Waals surface area contributed by atoms with Crippen LogP contribution in [0.3, 0.4) is 0 Å². The highest BCUT2D eigenvalue weighted by Gasteiger charge is 2.23. The molecule has 1 aliphatic heterocycles. The van der Waals surface area contributed by atoms with Crippen LogP contribution in [0.1, 0.15) is 41.4 Å². The van der Waals surface area contributed by atoms with E-state index < -0.39 is 0 Å². The van der Waals surface area contributed by atoms with Gasteiger partial charge in [-0.2, -0.15) is 0 Å². The first-order valence-corrected chi connectivity index (χ1v) is 9.72. The zero-order valence-electron chi connectivity index (χ0n) is 15.7. The van der Waals surface area contributed by atoms with Gasteiger partial charge in [0.05, 0.1) is 18.7 Å². The van der Waals surface area contributed by atoms with Crippen molar-refractivity contribution in [1.82, 2.24) is 4.90 Å². The number of carbonyl (C=O) groups is 1. The van der Waals surface area contributed by atoms with Crippen LogP contribution in [0.5, 0.6) is 5.75 Å². The Labute approximate surface area is 159 Å². The fourth-order valence-corrected chi connectivity index (χ4v) is 3.80. The van der Waals surface area contributed by atoms with Crippen LogP contribution >= 0.6 is 0 Å². The third-order valence-electron chi connectivity index (χ3n) is 5.11. The average molecular weight is 363 g/mol. The molecule has 0 unspecified atom stereocenters. The van der Waals surface area contributed by atoms with Gasteiger partial charge < -0.3 is 9.15 Å². The van der Waals surface area contributed by atoms with Gasteiger partial charge in [0.25, 0.3) is 0 Å². The largest absolute Gasteiger partial charge is 0.494 e. The molecule has 4 heteroatoms. The first kappa shape index (κ1) is 17.8. The number of nitrogens with zero attached hydrogens (tertiary/aromatic N) is 1. The Balaban J connectivity index is 1.63. The number of fused-ring (bicyclic) bond motifs is 1. The second-order valence-electron chi connectivity index (χ2n) is 7.06. The molecule has 3 aromatic rings. The number of para-hydroxylation sites is 1. The molecule has 1 saturated heterocycles. The number of carbonyl (C=O) groups excluding carboxylic acids is 1. The zero-order chi connectivity index (χ0) is 18.6. The standard InChI is InChI=1S/C23H25NO3/c1-2-26-18-11-9-17(10-12-18)15-22-23(19-7-3-4-8-21(19)27-22)20(25)16-24-13-5-6-14-24/h3-4,7-12H,2,5-6,13-16H2,1H3. The van der Waals surface area contributed by atoms with Crippen molar-refractivity contribution in [1.29, 1.82) is 0 Å². The van der Waals surface area contributed by atoms with Gasteiger partial charge in [-0.05, 0) is 56.6 Å². The van der Waals surface area contributed by atoms with Crippen molar-refractivity contribution in [2.45, 2.75) is 26.2 Å². The maximum atomic E-state index is 13.1. The van der Waals surface area contributed by atoms with E-state index in [4.69, 9.17) is 9.15 Å². The molecule has 2 aromatic carbocycles. The molecular formula is C23H25NO3. The number of ether oxygens (including phenoxy) is 1. The molecule has 0 saturated carbocycles. The summed E-state index contributed by atoms with van der Waals surface area (Å²) >= 11 is 0. The number of ketones is 1. The van der Waals surface area contributed by atoms with Crippen LogP contribution in [0, 0.1) is 0 Å². The van der Waals surface area contributed by atoms with Crippen LogP contribution < -0.4 is 4.74 Å². The number of hydrogen-bond donors (Lipinski definition) is 0. The number of Topliss-reactive ketones (excluding diaryl/α,β-unsaturated/α-hetero) is 1. The van der Waals surface area contributed by atoms with E-state index in [9.17, 15) is 4.79 Å². The number of benzene rings is 2. The number of rotatable bonds is 7. The van der Waals surface area contributed by atoms with Gasteiger partial charge in [-0.15, -0.1) is 0 Å². The summed E-state index contributed by atoms with van der Waals surface area (Å²) in [5, 5.41) is 0.919. The molecule has 0 amide bonds. The zero-order valence-corrected chi connectivity index (χ0v) is 15.7. The lowest BCUT2D eigenvalue weighted by molar-refractivity contribution is 0.0945. The molecule has 0 spiro atoms. The molecule has 2 heterocycles. The minimum absolute atomic E-state index is 0.155. The Kier molecular flexibility index (Phi) is 5.26. The van der Waals surface area contributed by atoms with Crippen LogP contribution in [-0.2, 0) is 6.42 Å². The third-order valence-corrected chi connectivity index (χ3v) is 5.11. The quantitative estimate of drug-likeness (QED) is 0.571. The van der Waals surface area contributed by atoms with Gasteiger partial charge in [0, 0.05) is 11.8 Å². The van der Waals surface area contributed by atoms with Gasteiger partial charge in [0.2, 0.25) is 0 Å². The van der Waals surface area contributed by atoms with Gasteiger partial charge in [-0.1, -0.05) is 30.3 Å². The summed E-state index contributed by atoms with van der Waals surface area (Å²) in [6.07, 6.45) is 2.96. The van der Waals surface area contributed by atoms with E-state index in [1.807, 2.05) is 55.5 Å². The van der Waals surface area contributed by atoms with Crippen LogP contribution in [-0.4, -0.2) is 36.9 Å². The molecule has 1 aliphatic rings. The minimum Gasteiger partial charge on any atom is -0.494 e. The molecule has 4 rings (SSSR count). The summed E-state index contributed by atoms with van der Waals surface area (Å²) in [5.74, 6) is 1.77. The SMILES string of the molecule is CCOc1ccc(Cc2oc3ccccc3c2C(=O)CN2CCCC2)cc1. The van der Waals surface area contributed by atoms with Crippen LogP contribution in [0.2, 0.25) is 0 Å². The molecule has 0 bridgehead atoms. The lowest BCUT2D eigenvalue weighted by atomic mass is 10.0. The molecular weight excluding hydrogens is 338 g/mol. The first-order valence-electron chi connectivity index (χ1n) is 9.72. The molecule has 1 aromatic heterocycles. The van der Waals surface area contributed by atoms with Crippen molar-refractivity contribution in [3.8, 4) is 5.75 Å². The van der Waals surface area contributed by atoms with Gasteiger partial charge in [0.15, 0.2) is 5.78 Å². The minimum atomic E-state index is 0.155. The normalized spacial score (nSPS) is 14.7. The highest BCUT2D eigenvalue weighted by Crippen LogP contribution is 2.29. The third kappa shape index (κ3) is 3.91. The molecule has 1 fully saturated rings. The Bertz CT molecular complexity index is 920. The van der Waals surface area contributed by atoms with E-state index in [-0.39, 0.29) is 5.78 Å². The second kappa shape index (κ2) is 7.97. The molecule has 4 nitrogen and oxygen atoms in total. The highest BCUT2D eigenvalue weighted by atomic mass is 16.5. The highest BCUT2D eigenvalue weighted by molar-refractivity contribution is 6.09. The first-order chi connectivity index (χ1) is 13.2. The van der Waals surface area contributed by atoms with E-state index in [2.05, 4.69) is 4.90 Å². The van der Waals surface area contributed by atoms with Gasteiger partial charge >= 0.3 is 0 Å². The van der Waals surface area contributed by atoms with E-state index >= 15 is 0 Å². The smallest absolute Gasteiger partial charge is 0.180 e. The topological polar surface area (TPSA) is 42.7 Å². The Morgan fingerprint density at radius 1 is 1.07 bits per heavy atom. The number of hydrogen-bond acceptors (Lipinski definition) is 4. The fraction of sp³-hybridized carbons (Fsp3) is 0.348. The Hall–Kier alpha value is -2.59. The number of furan rings is 1. The van der Waals surface area contributed by atoms with Crippen LogP contribution in [0.25, 0.3) is 11.0 Å². The van der Waals surface area contributed by atoms with Gasteiger partial charge in [-0.25, -0.2) is 0 Å². The summed E-state index contributed by atoms with van der Waals surface area (Å²) in [6, 6.07) is 15.8. The van der Waals surface area contributed by atoms with E-state index in [1.165, 1.54) is 12.8 Å². The van der Waals surface area contributed by atoms with E-state index in [0.717, 1.165) is 46.7 Å². The predicted octanol–water partition coefficient (Wildman–Crippen LogP) is 4.70. The van der Waals surface area contributed by atoms with Crippen LogP contribution in [0.15, 0.2) is 52.9 Å². The lowest BCUT2D eigenvalue weighted by Crippen LogP contribution is -2.27. The van der Waals surface area contributed by atoms with Crippen molar-refractivity contribution >= 4 is 16.8 Å². The predicted molar refractivity (Wildman–Crippen MR) is 107 cm³/mol. The molecule has 0 atom stereocenters. The Morgan fingerprint density at radius 2 is 1.81 bits per heavy atom. The van der Waals surface area contributed by atoms with Crippen LogP contribution in [0.4, 0.5) is 0 Å². The van der Waals surface area contributed by atoms with Gasteiger partial charge in [-0.3, -0.25) is 9.69 Å². The van der Waals surface area contributed by atoms with Crippen molar-refractivity contribution in [3.05, 3.63) is 65.4 Å². The summed E-state index contributed by atoms with van der Waals surface area (Å²) in [5.41, 5.74) is 2.63. The maximum Gasteiger partial charge on any atom is 0.180 e. The van der Waals surface area contributed by atoms with Crippen molar-refractivity contribution in [2.24, 2.45) is 0 Å². The average Bonchev–Trinajstić information content (AvgIpc) is 3.30.